The summed E-state index contributed by atoms with van der Waals surface area (Å²) in [7, 11) is 0. The van der Waals surface area contributed by atoms with Crippen molar-refractivity contribution in [1.82, 2.24) is 5.32 Å². The van der Waals surface area contributed by atoms with Gasteiger partial charge in [0.2, 0.25) is 0 Å². The van der Waals surface area contributed by atoms with E-state index in [9.17, 15) is 0 Å². The summed E-state index contributed by atoms with van der Waals surface area (Å²) in [6.45, 7) is 10.2. The van der Waals surface area contributed by atoms with E-state index in [1.165, 1.54) is 35.5 Å². The minimum atomic E-state index is 0.496. The van der Waals surface area contributed by atoms with Gasteiger partial charge in [-0.1, -0.05) is 51.5 Å². The van der Waals surface area contributed by atoms with Gasteiger partial charge >= 0.3 is 0 Å². The summed E-state index contributed by atoms with van der Waals surface area (Å²) in [4.78, 5) is 0. The molecule has 2 heteroatoms. The van der Waals surface area contributed by atoms with Crippen LogP contribution in [-0.4, -0.2) is 18.1 Å². The quantitative estimate of drug-likeness (QED) is 0.696. The van der Waals surface area contributed by atoms with Crippen LogP contribution in [-0.2, 0) is 0 Å². The van der Waals surface area contributed by atoms with Crippen LogP contribution in [0.1, 0.15) is 50.8 Å². The number of aryl methyl sites for hydroxylation is 1. The molecule has 2 atom stereocenters. The zero-order valence-electron chi connectivity index (χ0n) is 12.9. The van der Waals surface area contributed by atoms with Crippen LogP contribution in [0, 0.1) is 12.8 Å². The maximum atomic E-state index is 3.70. The molecule has 0 aromatic heterocycles. The lowest BCUT2D eigenvalue weighted by molar-refractivity contribution is 0.573. The monoisotopic (exact) mass is 279 g/mol. The Hall–Kier alpha value is -0.470. The van der Waals surface area contributed by atoms with Gasteiger partial charge in [-0.25, -0.2) is 0 Å². The molecule has 0 radical (unpaired) electrons. The summed E-state index contributed by atoms with van der Waals surface area (Å²) in [5, 5.41) is 3.70. The van der Waals surface area contributed by atoms with Gasteiger partial charge in [-0.2, -0.15) is 11.8 Å². The van der Waals surface area contributed by atoms with Crippen molar-refractivity contribution in [2.75, 3.05) is 18.1 Å². The van der Waals surface area contributed by atoms with Crippen LogP contribution in [0.4, 0.5) is 0 Å². The van der Waals surface area contributed by atoms with Gasteiger partial charge in [-0.3, -0.25) is 0 Å². The molecule has 1 aromatic carbocycles. The van der Waals surface area contributed by atoms with Gasteiger partial charge in [0.05, 0.1) is 0 Å². The van der Waals surface area contributed by atoms with Gasteiger partial charge in [0.1, 0.15) is 0 Å². The molecule has 0 bridgehead atoms. The number of thioether (sulfide) groups is 1. The van der Waals surface area contributed by atoms with Crippen LogP contribution >= 0.6 is 11.8 Å². The third kappa shape index (κ3) is 6.01. The number of hydrogen-bond acceptors (Lipinski definition) is 2. The highest BCUT2D eigenvalue weighted by Crippen LogP contribution is 2.23. The molecule has 0 spiro atoms. The van der Waals surface area contributed by atoms with Crippen molar-refractivity contribution in [3.8, 4) is 0 Å². The Labute approximate surface area is 123 Å². The molecule has 19 heavy (non-hydrogen) atoms. The molecule has 0 saturated heterocycles. The SMILES string of the molecule is CCCNC(CSCC(C)CC)c1ccccc1C. The van der Waals surface area contributed by atoms with E-state index in [-0.39, 0.29) is 0 Å². The highest BCUT2D eigenvalue weighted by Gasteiger charge is 2.13. The minimum absolute atomic E-state index is 0.496. The average Bonchev–Trinajstić information content (AvgIpc) is 2.43. The number of hydrogen-bond donors (Lipinski definition) is 1. The summed E-state index contributed by atoms with van der Waals surface area (Å²) in [5.74, 6) is 3.27. The lowest BCUT2D eigenvalue weighted by Crippen LogP contribution is -2.25. The minimum Gasteiger partial charge on any atom is -0.309 e. The van der Waals surface area contributed by atoms with E-state index in [1.807, 2.05) is 0 Å². The first-order chi connectivity index (χ1) is 9.19. The molecule has 0 saturated carbocycles. The zero-order chi connectivity index (χ0) is 14.1. The molecule has 108 valence electrons. The van der Waals surface area contributed by atoms with Crippen molar-refractivity contribution in [2.24, 2.45) is 5.92 Å². The van der Waals surface area contributed by atoms with E-state index in [4.69, 9.17) is 0 Å². The smallest absolute Gasteiger partial charge is 0.0414 e. The first-order valence-electron chi connectivity index (χ1n) is 7.55. The second kappa shape index (κ2) is 9.44. The highest BCUT2D eigenvalue weighted by atomic mass is 32.2. The summed E-state index contributed by atoms with van der Waals surface area (Å²) in [5.41, 5.74) is 2.87. The predicted octanol–water partition coefficient (Wildman–Crippen LogP) is 4.82. The van der Waals surface area contributed by atoms with Crippen LogP contribution < -0.4 is 5.32 Å². The molecular formula is C17H29NS. The molecule has 0 aliphatic carbocycles. The molecule has 0 aliphatic rings. The van der Waals surface area contributed by atoms with E-state index in [1.54, 1.807) is 0 Å². The van der Waals surface area contributed by atoms with Crippen LogP contribution in [0.15, 0.2) is 24.3 Å². The maximum absolute atomic E-state index is 3.70. The topological polar surface area (TPSA) is 12.0 Å². The standard InChI is InChI=1S/C17H29NS/c1-5-11-18-17(13-19-12-14(3)6-2)16-10-8-7-9-15(16)4/h7-10,14,17-18H,5-6,11-13H2,1-4H3. The molecule has 1 N–H and O–H groups in total. The normalized spacial score (nSPS) is 14.3. The fraction of sp³-hybridized carbons (Fsp3) is 0.647. The van der Waals surface area contributed by atoms with Gasteiger partial charge in [-0.15, -0.1) is 0 Å². The van der Waals surface area contributed by atoms with E-state index in [0.717, 1.165) is 12.5 Å². The van der Waals surface area contributed by atoms with Gasteiger partial charge in [0, 0.05) is 11.8 Å². The molecule has 2 unspecified atom stereocenters. The lowest BCUT2D eigenvalue weighted by atomic mass is 10.0. The Balaban J connectivity index is 2.59. The third-order valence-corrected chi connectivity index (χ3v) is 4.96. The summed E-state index contributed by atoms with van der Waals surface area (Å²) < 4.78 is 0. The highest BCUT2D eigenvalue weighted by molar-refractivity contribution is 7.99. The zero-order valence-corrected chi connectivity index (χ0v) is 13.7. The number of benzene rings is 1. The largest absolute Gasteiger partial charge is 0.309 e. The van der Waals surface area contributed by atoms with Gasteiger partial charge < -0.3 is 5.32 Å². The van der Waals surface area contributed by atoms with Crippen LogP contribution in [0.2, 0.25) is 0 Å². The third-order valence-electron chi connectivity index (χ3n) is 3.59. The van der Waals surface area contributed by atoms with Crippen molar-refractivity contribution in [3.63, 3.8) is 0 Å². The molecule has 0 aliphatic heterocycles. The van der Waals surface area contributed by atoms with E-state index in [2.05, 4.69) is 69.0 Å². The van der Waals surface area contributed by atoms with E-state index >= 15 is 0 Å². The van der Waals surface area contributed by atoms with Gasteiger partial charge in [-0.05, 0) is 42.7 Å². The predicted molar refractivity (Wildman–Crippen MR) is 89.0 cm³/mol. The molecule has 0 amide bonds. The van der Waals surface area contributed by atoms with E-state index in [0.29, 0.717) is 6.04 Å². The first-order valence-corrected chi connectivity index (χ1v) is 8.71. The van der Waals surface area contributed by atoms with Crippen LogP contribution in [0.25, 0.3) is 0 Å². The molecular weight excluding hydrogens is 250 g/mol. The Morgan fingerprint density at radius 3 is 2.53 bits per heavy atom. The Morgan fingerprint density at radius 1 is 1.16 bits per heavy atom. The molecule has 0 fully saturated rings. The lowest BCUT2D eigenvalue weighted by Gasteiger charge is -2.21. The summed E-state index contributed by atoms with van der Waals surface area (Å²) in [6, 6.07) is 9.27. The molecule has 1 aromatic rings. The molecule has 0 heterocycles. The fourth-order valence-corrected chi connectivity index (χ4v) is 3.37. The Kier molecular flexibility index (Phi) is 8.24. The van der Waals surface area contributed by atoms with Crippen molar-refractivity contribution in [1.29, 1.82) is 0 Å². The Bertz CT molecular complexity index is 351. The first kappa shape index (κ1) is 16.6. The van der Waals surface area contributed by atoms with Crippen LogP contribution in [0.5, 0.6) is 0 Å². The number of nitrogens with one attached hydrogen (secondary N) is 1. The summed E-state index contributed by atoms with van der Waals surface area (Å²) >= 11 is 2.09. The van der Waals surface area contributed by atoms with Crippen LogP contribution in [0.3, 0.4) is 0 Å². The van der Waals surface area contributed by atoms with Gasteiger partial charge in [0.15, 0.2) is 0 Å². The molecule has 1 nitrogen and oxygen atoms in total. The second-order valence-electron chi connectivity index (χ2n) is 5.41. The van der Waals surface area contributed by atoms with Crippen molar-refractivity contribution < 1.29 is 0 Å². The van der Waals surface area contributed by atoms with Crippen molar-refractivity contribution in [3.05, 3.63) is 35.4 Å². The number of rotatable bonds is 9. The fourth-order valence-electron chi connectivity index (χ4n) is 2.06. The average molecular weight is 279 g/mol. The maximum Gasteiger partial charge on any atom is 0.0414 e. The van der Waals surface area contributed by atoms with E-state index < -0.39 is 0 Å². The van der Waals surface area contributed by atoms with Crippen molar-refractivity contribution >= 4 is 11.8 Å². The summed E-state index contributed by atoms with van der Waals surface area (Å²) in [6.07, 6.45) is 2.48. The molecule has 1 rings (SSSR count). The Morgan fingerprint density at radius 2 is 1.89 bits per heavy atom. The second-order valence-corrected chi connectivity index (χ2v) is 6.49. The van der Waals surface area contributed by atoms with Gasteiger partial charge in [0.25, 0.3) is 0 Å². The van der Waals surface area contributed by atoms with Crippen molar-refractivity contribution in [2.45, 2.75) is 46.6 Å².